The number of methoxy groups -OCH3 is 1. The number of hydrogen-bond acceptors (Lipinski definition) is 3. The fourth-order valence-electron chi connectivity index (χ4n) is 3.38. The molecule has 0 spiro atoms. The molecule has 0 saturated carbocycles. The molecule has 1 aliphatic rings. The number of benzene rings is 2. The monoisotopic (exact) mass is 375 g/mol. The highest BCUT2D eigenvalue weighted by Crippen LogP contribution is 2.31. The number of anilines is 1. The van der Waals surface area contributed by atoms with Gasteiger partial charge in [-0.05, 0) is 44.1 Å². The van der Waals surface area contributed by atoms with Crippen molar-refractivity contribution in [2.45, 2.75) is 18.9 Å². The van der Waals surface area contributed by atoms with Gasteiger partial charge in [0, 0.05) is 18.2 Å². The maximum atomic E-state index is 13.7. The number of ether oxygens (including phenoxy) is 1. The van der Waals surface area contributed by atoms with Gasteiger partial charge in [-0.3, -0.25) is 4.90 Å². The molecule has 1 atom stereocenters. The number of halogens is 2. The van der Waals surface area contributed by atoms with E-state index in [1.54, 1.807) is 7.11 Å². The molecule has 7 heteroatoms. The van der Waals surface area contributed by atoms with Crippen LogP contribution in [0.2, 0.25) is 0 Å². The first kappa shape index (κ1) is 19.1. The van der Waals surface area contributed by atoms with Crippen molar-refractivity contribution in [2.75, 3.05) is 32.1 Å². The lowest BCUT2D eigenvalue weighted by atomic mass is 10.0. The summed E-state index contributed by atoms with van der Waals surface area (Å²) in [6, 6.07) is 10.2. The Morgan fingerprint density at radius 2 is 1.93 bits per heavy atom. The summed E-state index contributed by atoms with van der Waals surface area (Å²) in [7, 11) is 1.62. The van der Waals surface area contributed by atoms with Crippen LogP contribution in [0.25, 0.3) is 0 Å². The van der Waals surface area contributed by atoms with Crippen LogP contribution in [0.5, 0.6) is 5.75 Å². The first-order valence-corrected chi connectivity index (χ1v) is 8.95. The van der Waals surface area contributed by atoms with Gasteiger partial charge in [0.15, 0.2) is 0 Å². The van der Waals surface area contributed by atoms with Crippen molar-refractivity contribution in [1.29, 1.82) is 0 Å². The van der Waals surface area contributed by atoms with E-state index in [9.17, 15) is 13.6 Å². The topological polar surface area (TPSA) is 53.6 Å². The summed E-state index contributed by atoms with van der Waals surface area (Å²) in [5.74, 6) is -0.740. The van der Waals surface area contributed by atoms with E-state index in [1.807, 2.05) is 24.3 Å². The van der Waals surface area contributed by atoms with Gasteiger partial charge in [-0.25, -0.2) is 13.6 Å². The Morgan fingerprint density at radius 3 is 2.63 bits per heavy atom. The van der Waals surface area contributed by atoms with E-state index in [4.69, 9.17) is 4.74 Å². The highest BCUT2D eigenvalue weighted by Gasteiger charge is 2.26. The van der Waals surface area contributed by atoms with Crippen LogP contribution in [0.15, 0.2) is 42.5 Å². The largest absolute Gasteiger partial charge is 0.496 e. The second kappa shape index (κ2) is 8.81. The standard InChI is InChI=1S/C20H23F2N3O2/c1-27-19-7-3-2-6-15(19)18(25-10-4-5-11-25)13-23-20(26)24-17-9-8-14(21)12-16(17)22/h2-3,6-9,12,18H,4-5,10-11,13H2,1H3,(H2,23,24,26)/t18-/m0/s1. The first-order valence-electron chi connectivity index (χ1n) is 8.95. The molecule has 2 amide bonds. The molecule has 0 bridgehead atoms. The molecule has 144 valence electrons. The zero-order chi connectivity index (χ0) is 19.2. The van der Waals surface area contributed by atoms with E-state index in [0.717, 1.165) is 49.4 Å². The fourth-order valence-corrected chi connectivity index (χ4v) is 3.38. The first-order chi connectivity index (χ1) is 13.1. The third-order valence-corrected chi connectivity index (χ3v) is 4.71. The van der Waals surface area contributed by atoms with Gasteiger partial charge in [0.1, 0.15) is 17.4 Å². The normalized spacial score (nSPS) is 15.4. The molecule has 0 radical (unpaired) electrons. The Balaban J connectivity index is 1.70. The van der Waals surface area contributed by atoms with Gasteiger partial charge in [-0.1, -0.05) is 18.2 Å². The molecule has 1 heterocycles. The highest BCUT2D eigenvalue weighted by atomic mass is 19.1. The minimum atomic E-state index is -0.814. The Morgan fingerprint density at radius 1 is 1.19 bits per heavy atom. The van der Waals surface area contributed by atoms with Gasteiger partial charge in [0.05, 0.1) is 18.8 Å². The zero-order valence-electron chi connectivity index (χ0n) is 15.2. The molecule has 27 heavy (non-hydrogen) atoms. The minimum absolute atomic E-state index is 0.0486. The molecule has 0 unspecified atom stereocenters. The van der Waals surface area contributed by atoms with Crippen LogP contribution in [0.3, 0.4) is 0 Å². The smallest absolute Gasteiger partial charge is 0.319 e. The maximum Gasteiger partial charge on any atom is 0.319 e. The SMILES string of the molecule is COc1ccccc1[C@H](CNC(=O)Nc1ccc(F)cc1F)N1CCCC1. The van der Waals surface area contributed by atoms with Gasteiger partial charge >= 0.3 is 6.03 Å². The van der Waals surface area contributed by atoms with Crippen LogP contribution in [0, 0.1) is 11.6 Å². The summed E-state index contributed by atoms with van der Waals surface area (Å²) >= 11 is 0. The molecule has 5 nitrogen and oxygen atoms in total. The van der Waals surface area contributed by atoms with Crippen LogP contribution in [0.4, 0.5) is 19.3 Å². The maximum absolute atomic E-state index is 13.7. The van der Waals surface area contributed by atoms with Gasteiger partial charge < -0.3 is 15.4 Å². The van der Waals surface area contributed by atoms with Gasteiger partial charge in [0.2, 0.25) is 0 Å². The number of urea groups is 1. The number of hydrogen-bond donors (Lipinski definition) is 2. The minimum Gasteiger partial charge on any atom is -0.496 e. The Kier molecular flexibility index (Phi) is 6.24. The predicted octanol–water partition coefficient (Wildman–Crippen LogP) is 3.93. The summed E-state index contributed by atoms with van der Waals surface area (Å²) < 4.78 is 32.2. The van der Waals surface area contributed by atoms with Crippen molar-refractivity contribution in [3.05, 3.63) is 59.7 Å². The van der Waals surface area contributed by atoms with E-state index in [-0.39, 0.29) is 11.7 Å². The van der Waals surface area contributed by atoms with Gasteiger partial charge in [-0.2, -0.15) is 0 Å². The second-order valence-electron chi connectivity index (χ2n) is 6.46. The van der Waals surface area contributed by atoms with Crippen molar-refractivity contribution < 1.29 is 18.3 Å². The van der Waals surface area contributed by atoms with Gasteiger partial charge in [-0.15, -0.1) is 0 Å². The summed E-state index contributed by atoms with van der Waals surface area (Å²) in [5.41, 5.74) is 0.930. The van der Waals surface area contributed by atoms with Crippen molar-refractivity contribution in [1.82, 2.24) is 10.2 Å². The Labute approximate surface area is 157 Å². The average Bonchev–Trinajstić information content (AvgIpc) is 3.19. The third kappa shape index (κ3) is 4.74. The average molecular weight is 375 g/mol. The van der Waals surface area contributed by atoms with Crippen LogP contribution in [0.1, 0.15) is 24.4 Å². The second-order valence-corrected chi connectivity index (χ2v) is 6.46. The third-order valence-electron chi connectivity index (χ3n) is 4.71. The van der Waals surface area contributed by atoms with E-state index >= 15 is 0 Å². The van der Waals surface area contributed by atoms with E-state index in [1.165, 1.54) is 6.07 Å². The Hall–Kier alpha value is -2.67. The van der Waals surface area contributed by atoms with Crippen molar-refractivity contribution in [3.63, 3.8) is 0 Å². The molecule has 0 aliphatic carbocycles. The van der Waals surface area contributed by atoms with Crippen molar-refractivity contribution in [2.24, 2.45) is 0 Å². The number of rotatable bonds is 6. The van der Waals surface area contributed by atoms with E-state index in [0.29, 0.717) is 6.54 Å². The van der Waals surface area contributed by atoms with Crippen LogP contribution < -0.4 is 15.4 Å². The Bertz CT molecular complexity index is 795. The molecular weight excluding hydrogens is 352 g/mol. The highest BCUT2D eigenvalue weighted by molar-refractivity contribution is 5.89. The molecule has 3 rings (SSSR count). The number of likely N-dealkylation sites (tertiary alicyclic amines) is 1. The predicted molar refractivity (Wildman–Crippen MR) is 99.9 cm³/mol. The molecule has 0 aromatic heterocycles. The van der Waals surface area contributed by atoms with Crippen LogP contribution in [-0.4, -0.2) is 37.7 Å². The van der Waals surface area contributed by atoms with Crippen LogP contribution >= 0.6 is 0 Å². The summed E-state index contributed by atoms with van der Waals surface area (Å²) in [6.07, 6.45) is 2.22. The molecule has 2 aromatic rings. The van der Waals surface area contributed by atoms with Crippen LogP contribution in [-0.2, 0) is 0 Å². The molecular formula is C20H23F2N3O2. The number of nitrogens with one attached hydrogen (secondary N) is 2. The number of para-hydroxylation sites is 1. The molecule has 1 saturated heterocycles. The molecule has 1 fully saturated rings. The van der Waals surface area contributed by atoms with E-state index < -0.39 is 17.7 Å². The summed E-state index contributed by atoms with van der Waals surface area (Å²) in [6.45, 7) is 2.23. The lowest BCUT2D eigenvalue weighted by Crippen LogP contribution is -2.38. The summed E-state index contributed by atoms with van der Waals surface area (Å²) in [5, 5.41) is 5.21. The van der Waals surface area contributed by atoms with Crippen molar-refractivity contribution >= 4 is 11.7 Å². The number of carbonyl (C=O) groups is 1. The molecule has 2 N–H and O–H groups in total. The number of nitrogens with zero attached hydrogens (tertiary/aromatic N) is 1. The molecule has 1 aliphatic heterocycles. The lowest BCUT2D eigenvalue weighted by Gasteiger charge is -2.29. The summed E-state index contributed by atoms with van der Waals surface area (Å²) in [4.78, 5) is 14.5. The number of carbonyl (C=O) groups excluding carboxylic acids is 1. The quantitative estimate of drug-likeness (QED) is 0.804. The van der Waals surface area contributed by atoms with E-state index in [2.05, 4.69) is 15.5 Å². The zero-order valence-corrected chi connectivity index (χ0v) is 15.2. The lowest BCUT2D eigenvalue weighted by molar-refractivity contribution is 0.224. The fraction of sp³-hybridized carbons (Fsp3) is 0.350. The number of amides is 2. The molecule has 2 aromatic carbocycles. The van der Waals surface area contributed by atoms with Gasteiger partial charge in [0.25, 0.3) is 0 Å². The van der Waals surface area contributed by atoms with Crippen molar-refractivity contribution in [3.8, 4) is 5.75 Å².